The summed E-state index contributed by atoms with van der Waals surface area (Å²) >= 11 is 0. The molecule has 92 valence electrons. The minimum absolute atomic E-state index is 0.364. The molecule has 0 nitrogen and oxygen atoms in total. The van der Waals surface area contributed by atoms with Gasteiger partial charge in [-0.3, -0.25) is 0 Å². The van der Waals surface area contributed by atoms with Crippen LogP contribution in [0.4, 0.5) is 0 Å². The molecule has 0 N–H and O–H groups in total. The number of benzene rings is 1. The molecule has 0 saturated heterocycles. The topological polar surface area (TPSA) is 0 Å². The van der Waals surface area contributed by atoms with Crippen molar-refractivity contribution in [2.24, 2.45) is 0 Å². The Morgan fingerprint density at radius 2 is 1.89 bits per heavy atom. The average Bonchev–Trinajstić information content (AvgIpc) is 3.02. The van der Waals surface area contributed by atoms with Crippen LogP contribution in [0.15, 0.2) is 46.4 Å². The molecule has 1 aromatic rings. The van der Waals surface area contributed by atoms with Crippen LogP contribution in [0, 0.1) is 0 Å². The summed E-state index contributed by atoms with van der Waals surface area (Å²) in [5, 5.41) is 0. The molecule has 0 saturated carbocycles. The monoisotopic (exact) mass is 290 g/mol. The molecule has 2 heterocycles. The predicted molar refractivity (Wildman–Crippen MR) is 87.7 cm³/mol. The van der Waals surface area contributed by atoms with E-state index in [2.05, 4.69) is 58.8 Å². The standard InChI is InChI=1S/C15H14S3/c1-10-14(11-6-3-2-4-7-11)17-18-15(10)12-8-5-9-13(12)16-18/h2-4,6-7H,5,8-9H2,1H3. The van der Waals surface area contributed by atoms with Gasteiger partial charge in [-0.15, -0.1) is 0 Å². The van der Waals surface area contributed by atoms with Gasteiger partial charge >= 0.3 is 0 Å². The first kappa shape index (κ1) is 11.4. The van der Waals surface area contributed by atoms with Crippen molar-refractivity contribution in [1.29, 1.82) is 0 Å². The third kappa shape index (κ3) is 1.60. The van der Waals surface area contributed by atoms with Crippen LogP contribution in [0.3, 0.4) is 0 Å². The van der Waals surface area contributed by atoms with Gasteiger partial charge in [0.15, 0.2) is 0 Å². The molecule has 3 aliphatic rings. The molecule has 0 radical (unpaired) electrons. The van der Waals surface area contributed by atoms with Crippen LogP contribution in [-0.4, -0.2) is 4.86 Å². The fourth-order valence-electron chi connectivity index (χ4n) is 2.79. The molecular weight excluding hydrogens is 276 g/mol. The first-order valence-electron chi connectivity index (χ1n) is 6.31. The maximum atomic E-state index is 2.33. The summed E-state index contributed by atoms with van der Waals surface area (Å²) in [6.07, 6.45) is 4.03. The maximum Gasteiger partial charge on any atom is 0.0299 e. The van der Waals surface area contributed by atoms with Gasteiger partial charge in [-0.1, -0.05) is 60.5 Å². The summed E-state index contributed by atoms with van der Waals surface area (Å²) in [6, 6.07) is 10.9. The van der Waals surface area contributed by atoms with E-state index >= 15 is 0 Å². The number of rotatable bonds is 1. The van der Waals surface area contributed by atoms with E-state index in [1.807, 2.05) is 0 Å². The smallest absolute Gasteiger partial charge is 0.0299 e. The summed E-state index contributed by atoms with van der Waals surface area (Å²) in [6.45, 7) is 2.33. The molecule has 1 aliphatic carbocycles. The SMILES string of the molecule is CC1=C(c2ccccc2)SS2=C1C1=C(CCC1)S2. The summed E-state index contributed by atoms with van der Waals surface area (Å²) in [7, 11) is 4.60. The van der Waals surface area contributed by atoms with E-state index in [-0.39, 0.29) is 0 Å². The van der Waals surface area contributed by atoms with Crippen molar-refractivity contribution in [3.63, 3.8) is 0 Å². The lowest BCUT2D eigenvalue weighted by atomic mass is 10.0. The lowest BCUT2D eigenvalue weighted by Gasteiger charge is -2.07. The highest BCUT2D eigenvalue weighted by Gasteiger charge is 2.34. The van der Waals surface area contributed by atoms with E-state index in [4.69, 9.17) is 0 Å². The quantitative estimate of drug-likeness (QED) is 0.486. The second-order valence-corrected chi connectivity index (χ2v) is 10.6. The average molecular weight is 290 g/mol. The highest BCUT2D eigenvalue weighted by molar-refractivity contribution is 9.18. The molecule has 3 heteroatoms. The van der Waals surface area contributed by atoms with Crippen LogP contribution in [0.25, 0.3) is 4.91 Å². The Bertz CT molecular complexity index is 620. The van der Waals surface area contributed by atoms with Crippen molar-refractivity contribution in [1.82, 2.24) is 0 Å². The van der Waals surface area contributed by atoms with Crippen LogP contribution < -0.4 is 0 Å². The molecule has 0 spiro atoms. The van der Waals surface area contributed by atoms with Crippen molar-refractivity contribution in [2.75, 3.05) is 0 Å². The highest BCUT2D eigenvalue weighted by Crippen LogP contribution is 2.67. The van der Waals surface area contributed by atoms with Gasteiger partial charge in [0.05, 0.1) is 0 Å². The molecule has 1 atom stereocenters. The molecule has 18 heavy (non-hydrogen) atoms. The molecule has 0 fully saturated rings. The summed E-state index contributed by atoms with van der Waals surface area (Å²) < 4.78 is 0. The van der Waals surface area contributed by atoms with Gasteiger partial charge in [0, 0.05) is 14.7 Å². The Labute approximate surface area is 118 Å². The van der Waals surface area contributed by atoms with Crippen LogP contribution >= 0.6 is 30.1 Å². The largest absolute Gasteiger partial charge is 0.0622 e. The zero-order chi connectivity index (χ0) is 12.1. The first-order chi connectivity index (χ1) is 8.84. The predicted octanol–water partition coefficient (Wildman–Crippen LogP) is 5.62. The minimum atomic E-state index is 0.364. The van der Waals surface area contributed by atoms with Gasteiger partial charge in [-0.05, 0) is 42.9 Å². The molecule has 1 aromatic carbocycles. The van der Waals surface area contributed by atoms with Crippen molar-refractivity contribution < 1.29 is 0 Å². The van der Waals surface area contributed by atoms with E-state index < -0.39 is 0 Å². The lowest BCUT2D eigenvalue weighted by Crippen LogP contribution is -1.99. The summed E-state index contributed by atoms with van der Waals surface area (Å²) in [5.41, 5.74) is 4.66. The summed E-state index contributed by atoms with van der Waals surface area (Å²) in [5.74, 6) is 0. The van der Waals surface area contributed by atoms with E-state index in [0.717, 1.165) is 0 Å². The fraction of sp³-hybridized carbons (Fsp3) is 0.267. The Morgan fingerprint density at radius 1 is 1.06 bits per heavy atom. The number of hydrogen-bond acceptors (Lipinski definition) is 2. The second-order valence-electron chi connectivity index (χ2n) is 4.81. The third-order valence-electron chi connectivity index (χ3n) is 3.66. The van der Waals surface area contributed by atoms with Gasteiger partial charge < -0.3 is 0 Å². The second kappa shape index (κ2) is 4.32. The third-order valence-corrected chi connectivity index (χ3v) is 10.4. The molecule has 1 unspecified atom stereocenters. The Hall–Kier alpha value is -0.380. The molecular formula is C15H14S3. The van der Waals surface area contributed by atoms with E-state index in [0.29, 0.717) is 8.55 Å². The normalized spacial score (nSPS) is 26.1. The van der Waals surface area contributed by atoms with Crippen LogP contribution in [0.1, 0.15) is 31.7 Å². The molecule has 2 aliphatic heterocycles. The number of hydrogen-bond donors (Lipinski definition) is 0. The molecule has 0 aromatic heterocycles. The van der Waals surface area contributed by atoms with Gasteiger partial charge in [0.1, 0.15) is 0 Å². The van der Waals surface area contributed by atoms with Crippen molar-refractivity contribution >= 4 is 39.9 Å². The van der Waals surface area contributed by atoms with Gasteiger partial charge in [-0.2, -0.15) is 0 Å². The first-order valence-corrected chi connectivity index (χ1v) is 10.2. The van der Waals surface area contributed by atoms with Gasteiger partial charge in [0.25, 0.3) is 0 Å². The molecule has 4 rings (SSSR count). The Morgan fingerprint density at radius 3 is 2.72 bits per heavy atom. The van der Waals surface area contributed by atoms with Crippen LogP contribution in [0.5, 0.6) is 0 Å². The molecule has 0 amide bonds. The lowest BCUT2D eigenvalue weighted by molar-refractivity contribution is 0.917. The van der Waals surface area contributed by atoms with Crippen molar-refractivity contribution in [3.8, 4) is 0 Å². The zero-order valence-corrected chi connectivity index (χ0v) is 12.7. The van der Waals surface area contributed by atoms with Crippen LogP contribution in [0.2, 0.25) is 0 Å². The van der Waals surface area contributed by atoms with Gasteiger partial charge in [0.2, 0.25) is 0 Å². The zero-order valence-electron chi connectivity index (χ0n) is 10.2. The highest BCUT2D eigenvalue weighted by atomic mass is 33.5. The summed E-state index contributed by atoms with van der Waals surface area (Å²) in [4.78, 5) is 4.91. The van der Waals surface area contributed by atoms with E-state index in [9.17, 15) is 0 Å². The maximum absolute atomic E-state index is 2.33. The Kier molecular flexibility index (Phi) is 2.75. The fourth-order valence-corrected chi connectivity index (χ4v) is 11.1. The number of fused-ring (bicyclic) bond motifs is 1. The van der Waals surface area contributed by atoms with E-state index in [1.54, 1.807) is 20.9 Å². The van der Waals surface area contributed by atoms with Gasteiger partial charge in [-0.25, -0.2) is 0 Å². The minimum Gasteiger partial charge on any atom is -0.0622 e. The van der Waals surface area contributed by atoms with E-state index in [1.165, 1.54) is 29.7 Å². The van der Waals surface area contributed by atoms with Crippen LogP contribution in [-0.2, 0) is 0 Å². The van der Waals surface area contributed by atoms with Crippen molar-refractivity contribution in [3.05, 3.63) is 51.9 Å². The molecule has 0 bridgehead atoms. The Balaban J connectivity index is 1.78. The van der Waals surface area contributed by atoms with Crippen molar-refractivity contribution in [2.45, 2.75) is 26.2 Å². The number of allylic oxidation sites excluding steroid dienone is 3.